The molecular weight excluding hydrogens is 210 g/mol. The van der Waals surface area contributed by atoms with E-state index in [1.807, 2.05) is 6.92 Å². The molecule has 0 bridgehead atoms. The minimum atomic E-state index is -0.649. The second-order valence-electron chi connectivity index (χ2n) is 4.61. The van der Waals surface area contributed by atoms with Gasteiger partial charge in [0, 0.05) is 5.54 Å². The highest BCUT2D eigenvalue weighted by Gasteiger charge is 2.42. The first kappa shape index (κ1) is 12.7. The van der Waals surface area contributed by atoms with Gasteiger partial charge < -0.3 is 5.32 Å². The van der Waals surface area contributed by atoms with Crippen molar-refractivity contribution in [3.8, 4) is 0 Å². The third-order valence-corrected chi connectivity index (χ3v) is 2.22. The molecule has 4 N–H and O–H groups in total. The molecule has 0 aromatic rings. The normalized spacial score (nSPS) is 22.4. The molecule has 1 heterocycles. The number of nitrogens with zero attached hydrogens (tertiary/aromatic N) is 2. The lowest BCUT2D eigenvalue weighted by molar-refractivity contribution is 0.0649. The first-order chi connectivity index (χ1) is 7.29. The minimum absolute atomic E-state index is 0.440. The van der Waals surface area contributed by atoms with Crippen LogP contribution in [0, 0.1) is 0 Å². The molecule has 1 fully saturated rings. The maximum atomic E-state index is 11.9. The van der Waals surface area contributed by atoms with Gasteiger partial charge in [-0.15, -0.1) is 0 Å². The van der Waals surface area contributed by atoms with E-state index in [2.05, 4.69) is 10.6 Å². The summed E-state index contributed by atoms with van der Waals surface area (Å²) < 4.78 is 0. The van der Waals surface area contributed by atoms with Gasteiger partial charge in [0.1, 0.15) is 0 Å². The number of rotatable bonds is 2. The van der Waals surface area contributed by atoms with Crippen LogP contribution < -0.4 is 16.5 Å². The summed E-state index contributed by atoms with van der Waals surface area (Å²) in [6.07, 6.45) is -0.649. The van der Waals surface area contributed by atoms with Crippen LogP contribution in [0.2, 0.25) is 0 Å². The Bertz CT molecular complexity index is 299. The van der Waals surface area contributed by atoms with E-state index in [4.69, 9.17) is 5.84 Å². The van der Waals surface area contributed by atoms with E-state index >= 15 is 0 Å². The van der Waals surface area contributed by atoms with Crippen molar-refractivity contribution in [1.29, 1.82) is 0 Å². The maximum Gasteiger partial charge on any atom is 0.345 e. The molecular formula is C9H19N5O2. The van der Waals surface area contributed by atoms with Gasteiger partial charge >= 0.3 is 12.1 Å². The first-order valence-electron chi connectivity index (χ1n) is 5.21. The van der Waals surface area contributed by atoms with Gasteiger partial charge in [0.25, 0.3) is 0 Å². The van der Waals surface area contributed by atoms with Gasteiger partial charge in [-0.2, -0.15) is 0 Å². The Morgan fingerprint density at radius 2 is 2.00 bits per heavy atom. The molecule has 0 aliphatic carbocycles. The fourth-order valence-corrected chi connectivity index (χ4v) is 1.50. The molecule has 4 amide bonds. The third-order valence-electron chi connectivity index (χ3n) is 2.22. The predicted octanol–water partition coefficient (Wildman–Crippen LogP) is -0.00110. The Hall–Kier alpha value is -1.34. The molecule has 7 nitrogen and oxygen atoms in total. The molecule has 92 valence electrons. The number of amides is 4. The van der Waals surface area contributed by atoms with Gasteiger partial charge in [0.15, 0.2) is 6.29 Å². The van der Waals surface area contributed by atoms with Crippen LogP contribution in [0.3, 0.4) is 0 Å². The highest BCUT2D eigenvalue weighted by Crippen LogP contribution is 2.18. The van der Waals surface area contributed by atoms with Crippen molar-refractivity contribution in [2.24, 2.45) is 5.84 Å². The van der Waals surface area contributed by atoms with Crippen LogP contribution in [0.1, 0.15) is 27.7 Å². The summed E-state index contributed by atoms with van der Waals surface area (Å²) >= 11 is 0. The van der Waals surface area contributed by atoms with Crippen molar-refractivity contribution >= 4 is 12.1 Å². The Balaban J connectivity index is 2.89. The Kier molecular flexibility index (Phi) is 3.39. The Morgan fingerprint density at radius 3 is 2.44 bits per heavy atom. The van der Waals surface area contributed by atoms with E-state index in [0.29, 0.717) is 6.54 Å². The van der Waals surface area contributed by atoms with E-state index in [9.17, 15) is 9.59 Å². The topological polar surface area (TPSA) is 90.7 Å². The van der Waals surface area contributed by atoms with Crippen molar-refractivity contribution in [3.63, 3.8) is 0 Å². The van der Waals surface area contributed by atoms with Gasteiger partial charge in [-0.25, -0.2) is 25.3 Å². The quantitative estimate of drug-likeness (QED) is 0.459. The summed E-state index contributed by atoms with van der Waals surface area (Å²) in [6.45, 7) is 7.77. The van der Waals surface area contributed by atoms with Crippen LogP contribution in [0.5, 0.6) is 0 Å². The standard InChI is InChI=1S/C9H19N5O2/c1-5-11-6-12-7(15)13(9(2,3)4)8(16)14(6)10/h6,11H,5,10H2,1-4H3,(H,12,15). The smallest absolute Gasteiger partial charge is 0.303 e. The molecule has 1 aliphatic heterocycles. The maximum absolute atomic E-state index is 11.9. The second-order valence-corrected chi connectivity index (χ2v) is 4.61. The lowest BCUT2D eigenvalue weighted by Gasteiger charge is -2.43. The molecule has 7 heteroatoms. The van der Waals surface area contributed by atoms with E-state index in [1.54, 1.807) is 20.8 Å². The van der Waals surface area contributed by atoms with Crippen LogP contribution in [0.25, 0.3) is 0 Å². The van der Waals surface area contributed by atoms with Crippen LogP contribution in [-0.2, 0) is 0 Å². The Morgan fingerprint density at radius 1 is 1.44 bits per heavy atom. The molecule has 1 atom stereocenters. The van der Waals surface area contributed by atoms with E-state index in [0.717, 1.165) is 9.91 Å². The van der Waals surface area contributed by atoms with Gasteiger partial charge in [-0.1, -0.05) is 6.92 Å². The molecule has 0 radical (unpaired) electrons. The summed E-state index contributed by atoms with van der Waals surface area (Å²) in [5, 5.41) is 6.48. The molecule has 1 unspecified atom stereocenters. The highest BCUT2D eigenvalue weighted by molar-refractivity contribution is 5.96. The number of nitrogens with two attached hydrogens (primary N) is 1. The number of imide groups is 1. The lowest BCUT2D eigenvalue weighted by Crippen LogP contribution is -2.73. The largest absolute Gasteiger partial charge is 0.345 e. The van der Waals surface area contributed by atoms with Crippen molar-refractivity contribution in [2.45, 2.75) is 39.5 Å². The number of hydrogen-bond acceptors (Lipinski definition) is 4. The predicted molar refractivity (Wildman–Crippen MR) is 59.0 cm³/mol. The van der Waals surface area contributed by atoms with E-state index in [-0.39, 0.29) is 0 Å². The molecule has 1 aliphatic rings. The molecule has 0 aromatic carbocycles. The summed E-state index contributed by atoms with van der Waals surface area (Å²) in [4.78, 5) is 24.7. The average Bonchev–Trinajstić information content (AvgIpc) is 2.12. The summed E-state index contributed by atoms with van der Waals surface area (Å²) in [6, 6.07) is -0.952. The third kappa shape index (κ3) is 2.25. The first-order valence-corrected chi connectivity index (χ1v) is 5.21. The summed E-state index contributed by atoms with van der Waals surface area (Å²) in [5.41, 5.74) is -0.601. The minimum Gasteiger partial charge on any atom is -0.303 e. The average molecular weight is 229 g/mol. The van der Waals surface area contributed by atoms with E-state index in [1.165, 1.54) is 0 Å². The molecule has 1 saturated heterocycles. The molecule has 0 saturated carbocycles. The van der Waals surface area contributed by atoms with Gasteiger partial charge in [-0.05, 0) is 27.3 Å². The lowest BCUT2D eigenvalue weighted by atomic mass is 10.1. The number of carbonyl (C=O) groups is 2. The fourth-order valence-electron chi connectivity index (χ4n) is 1.50. The fraction of sp³-hybridized carbons (Fsp3) is 0.778. The van der Waals surface area contributed by atoms with Crippen LogP contribution in [0.4, 0.5) is 9.59 Å². The van der Waals surface area contributed by atoms with Crippen LogP contribution in [0.15, 0.2) is 0 Å². The molecule has 0 aromatic heterocycles. The van der Waals surface area contributed by atoms with Gasteiger partial charge in [0.05, 0.1) is 0 Å². The van der Waals surface area contributed by atoms with Gasteiger partial charge in [0.2, 0.25) is 0 Å². The number of carbonyl (C=O) groups excluding carboxylic acids is 2. The summed E-state index contributed by atoms with van der Waals surface area (Å²) in [7, 11) is 0. The zero-order chi connectivity index (χ0) is 12.5. The summed E-state index contributed by atoms with van der Waals surface area (Å²) in [5.74, 6) is 5.62. The van der Waals surface area contributed by atoms with Crippen molar-refractivity contribution in [2.75, 3.05) is 6.54 Å². The van der Waals surface area contributed by atoms with Crippen molar-refractivity contribution in [1.82, 2.24) is 20.5 Å². The SMILES string of the molecule is CCNC1NC(=O)N(C(C)(C)C)C(=O)N1N. The number of hydrogen-bond donors (Lipinski definition) is 3. The number of urea groups is 2. The monoisotopic (exact) mass is 229 g/mol. The second kappa shape index (κ2) is 4.26. The molecule has 16 heavy (non-hydrogen) atoms. The number of nitrogens with one attached hydrogen (secondary N) is 2. The van der Waals surface area contributed by atoms with Crippen LogP contribution in [-0.4, -0.2) is 40.3 Å². The van der Waals surface area contributed by atoms with Crippen molar-refractivity contribution in [3.05, 3.63) is 0 Å². The van der Waals surface area contributed by atoms with Crippen LogP contribution >= 0.6 is 0 Å². The Labute approximate surface area is 94.9 Å². The molecule has 0 spiro atoms. The zero-order valence-electron chi connectivity index (χ0n) is 10.1. The number of hydrazine groups is 1. The zero-order valence-corrected chi connectivity index (χ0v) is 10.1. The molecule has 1 rings (SSSR count). The van der Waals surface area contributed by atoms with E-state index < -0.39 is 23.9 Å². The highest BCUT2D eigenvalue weighted by atomic mass is 16.2. The van der Waals surface area contributed by atoms with Gasteiger partial charge in [-0.3, -0.25) is 5.32 Å². The van der Waals surface area contributed by atoms with Crippen molar-refractivity contribution < 1.29 is 9.59 Å².